The third-order valence-corrected chi connectivity index (χ3v) is 5.56. The number of hydrogen-bond donors (Lipinski definition) is 2. The topological polar surface area (TPSA) is 111 Å². The van der Waals surface area contributed by atoms with Gasteiger partial charge in [-0.3, -0.25) is 14.6 Å². The molecule has 0 saturated carbocycles. The molecule has 4 rings (SSSR count). The second-order valence-electron chi connectivity index (χ2n) is 7.25. The summed E-state index contributed by atoms with van der Waals surface area (Å²) in [6.45, 7) is 4.15. The van der Waals surface area contributed by atoms with Crippen molar-refractivity contribution < 1.29 is 14.3 Å². The molecule has 3 saturated heterocycles. The number of ether oxygens (including phenoxy) is 1. The van der Waals surface area contributed by atoms with Crippen LogP contribution in [-0.4, -0.2) is 76.2 Å². The largest absolute Gasteiger partial charge is 0.381 e. The van der Waals surface area contributed by atoms with Gasteiger partial charge in [-0.15, -0.1) is 0 Å². The van der Waals surface area contributed by atoms with E-state index in [1.165, 1.54) is 0 Å². The van der Waals surface area contributed by atoms with E-state index in [1.54, 1.807) is 0 Å². The van der Waals surface area contributed by atoms with Crippen LogP contribution in [0.3, 0.4) is 0 Å². The number of fused-ring (bicyclic) bond motifs is 1. The number of likely N-dealkylation sites (tertiary alicyclic amines) is 2. The monoisotopic (exact) mass is 349 g/mol. The van der Waals surface area contributed by atoms with Crippen LogP contribution >= 0.6 is 0 Å². The van der Waals surface area contributed by atoms with Crippen LogP contribution in [0.5, 0.6) is 0 Å². The summed E-state index contributed by atoms with van der Waals surface area (Å²) in [5, 5.41) is 6.12. The minimum Gasteiger partial charge on any atom is -0.381 e. The molecule has 3 atom stereocenters. The van der Waals surface area contributed by atoms with E-state index in [1.807, 2.05) is 9.80 Å². The highest BCUT2D eigenvalue weighted by molar-refractivity contribution is 5.80. The Morgan fingerprint density at radius 3 is 2.48 bits per heavy atom. The fraction of sp³-hybridized carbons (Fsp3) is 0.750. The predicted molar refractivity (Wildman–Crippen MR) is 86.6 cm³/mol. The van der Waals surface area contributed by atoms with Crippen molar-refractivity contribution in [3.05, 3.63) is 16.3 Å². The molecule has 3 aliphatic heterocycles. The van der Waals surface area contributed by atoms with Crippen molar-refractivity contribution >= 4 is 11.8 Å². The van der Waals surface area contributed by atoms with E-state index in [-0.39, 0.29) is 23.4 Å². The van der Waals surface area contributed by atoms with Gasteiger partial charge in [-0.2, -0.15) is 5.10 Å². The van der Waals surface area contributed by atoms with Crippen LogP contribution in [0.15, 0.2) is 4.79 Å². The van der Waals surface area contributed by atoms with E-state index in [9.17, 15) is 14.4 Å². The van der Waals surface area contributed by atoms with Gasteiger partial charge in [0.25, 0.3) is 0 Å². The van der Waals surface area contributed by atoms with Crippen LogP contribution < -0.4 is 5.69 Å². The lowest BCUT2D eigenvalue weighted by atomic mass is 10.0. The molecular formula is C16H23N5O4. The van der Waals surface area contributed by atoms with Gasteiger partial charge in [0.2, 0.25) is 11.8 Å². The summed E-state index contributed by atoms with van der Waals surface area (Å²) in [4.78, 5) is 42.3. The number of hydrogen-bond acceptors (Lipinski definition) is 5. The maximum absolute atomic E-state index is 12.5. The van der Waals surface area contributed by atoms with Gasteiger partial charge in [-0.1, -0.05) is 0 Å². The van der Waals surface area contributed by atoms with Gasteiger partial charge < -0.3 is 14.5 Å². The van der Waals surface area contributed by atoms with E-state index >= 15 is 0 Å². The second-order valence-corrected chi connectivity index (χ2v) is 7.25. The first-order valence-corrected chi connectivity index (χ1v) is 8.88. The molecule has 2 N–H and O–H groups in total. The molecule has 9 heteroatoms. The maximum Gasteiger partial charge on any atom is 0.340 e. The van der Waals surface area contributed by atoms with Gasteiger partial charge in [0, 0.05) is 57.5 Å². The van der Waals surface area contributed by atoms with Crippen molar-refractivity contribution in [2.45, 2.75) is 19.3 Å². The van der Waals surface area contributed by atoms with Crippen molar-refractivity contribution in [3.63, 3.8) is 0 Å². The zero-order valence-corrected chi connectivity index (χ0v) is 14.1. The molecule has 0 bridgehead atoms. The lowest BCUT2D eigenvalue weighted by molar-refractivity contribution is -0.135. The maximum atomic E-state index is 12.5. The molecule has 0 unspecified atom stereocenters. The first-order valence-electron chi connectivity index (χ1n) is 8.88. The number of amides is 2. The summed E-state index contributed by atoms with van der Waals surface area (Å²) in [6, 6.07) is 0. The highest BCUT2D eigenvalue weighted by atomic mass is 16.5. The molecule has 3 aliphatic rings. The number of carbonyl (C=O) groups is 2. The van der Waals surface area contributed by atoms with Crippen LogP contribution in [0, 0.1) is 17.8 Å². The van der Waals surface area contributed by atoms with Crippen LogP contribution in [0.4, 0.5) is 0 Å². The number of aromatic nitrogens is 3. The summed E-state index contributed by atoms with van der Waals surface area (Å²) < 4.78 is 5.32. The molecule has 4 heterocycles. The molecule has 0 radical (unpaired) electrons. The molecule has 1 aromatic heterocycles. The first kappa shape index (κ1) is 16.3. The van der Waals surface area contributed by atoms with Gasteiger partial charge in [0.15, 0.2) is 0 Å². The van der Waals surface area contributed by atoms with Crippen molar-refractivity contribution in [2.75, 3.05) is 39.4 Å². The van der Waals surface area contributed by atoms with Crippen LogP contribution in [0.25, 0.3) is 0 Å². The number of nitrogens with zero attached hydrogens (tertiary/aromatic N) is 3. The molecule has 0 aromatic carbocycles. The molecule has 1 aromatic rings. The summed E-state index contributed by atoms with van der Waals surface area (Å²) in [6.07, 6.45) is 1.59. The molecule has 0 spiro atoms. The van der Waals surface area contributed by atoms with Crippen molar-refractivity contribution in [1.82, 2.24) is 25.0 Å². The van der Waals surface area contributed by atoms with Crippen LogP contribution in [0.2, 0.25) is 0 Å². The van der Waals surface area contributed by atoms with E-state index in [0.717, 1.165) is 19.5 Å². The predicted octanol–water partition coefficient (Wildman–Crippen LogP) is -1.02. The molecule has 2 amide bonds. The van der Waals surface area contributed by atoms with E-state index in [4.69, 9.17) is 4.74 Å². The normalized spacial score (nSPS) is 28.6. The number of nitrogens with one attached hydrogen (secondary N) is 2. The summed E-state index contributed by atoms with van der Waals surface area (Å²) in [7, 11) is 0. The minimum absolute atomic E-state index is 0.0209. The van der Waals surface area contributed by atoms with Gasteiger partial charge in [-0.05, 0) is 6.42 Å². The molecular weight excluding hydrogens is 326 g/mol. The number of H-pyrrole nitrogens is 2. The standard InChI is InChI=1S/C16H23N5O4/c22-14(2-1-13-17-16(24)19-18-13)20-5-11-7-21(8-12(11)6-20)15(23)10-3-4-25-9-10/h10-12H,1-9H2,(H2,17,18,19,24)/t10-,11-,12+/m1/s1. The molecule has 25 heavy (non-hydrogen) atoms. The van der Waals surface area contributed by atoms with Gasteiger partial charge >= 0.3 is 5.69 Å². The summed E-state index contributed by atoms with van der Waals surface area (Å²) in [5.74, 6) is 1.58. The average molecular weight is 349 g/mol. The van der Waals surface area contributed by atoms with Crippen LogP contribution in [-0.2, 0) is 20.7 Å². The molecule has 9 nitrogen and oxygen atoms in total. The van der Waals surface area contributed by atoms with E-state index < -0.39 is 0 Å². The van der Waals surface area contributed by atoms with E-state index in [2.05, 4.69) is 15.2 Å². The first-order chi connectivity index (χ1) is 12.1. The Labute approximate surface area is 144 Å². The van der Waals surface area contributed by atoms with Crippen molar-refractivity contribution in [3.8, 4) is 0 Å². The highest BCUT2D eigenvalue weighted by Crippen LogP contribution is 2.33. The second kappa shape index (κ2) is 6.62. The fourth-order valence-electron chi connectivity index (χ4n) is 4.17. The smallest absolute Gasteiger partial charge is 0.340 e. The third-order valence-electron chi connectivity index (χ3n) is 5.56. The minimum atomic E-state index is -0.351. The SMILES string of the molecule is O=C(CCc1n[nH]c(=O)[nH]1)N1C[C@@H]2CN(C(=O)[C@@H]3CCOC3)C[C@@H]2C1. The average Bonchev–Trinajstić information content (AvgIpc) is 3.34. The molecule has 136 valence electrons. The Hall–Kier alpha value is -2.16. The third kappa shape index (κ3) is 3.33. The summed E-state index contributed by atoms with van der Waals surface area (Å²) >= 11 is 0. The Morgan fingerprint density at radius 2 is 1.88 bits per heavy atom. The van der Waals surface area contributed by atoms with Gasteiger partial charge in [0.05, 0.1) is 12.5 Å². The molecule has 0 aliphatic carbocycles. The summed E-state index contributed by atoms with van der Waals surface area (Å²) in [5.41, 5.74) is -0.351. The lowest BCUT2D eigenvalue weighted by Gasteiger charge is -2.23. The Kier molecular flexibility index (Phi) is 4.32. The van der Waals surface area contributed by atoms with Gasteiger partial charge in [-0.25, -0.2) is 9.89 Å². The Balaban J connectivity index is 1.26. The van der Waals surface area contributed by atoms with Crippen molar-refractivity contribution in [2.24, 2.45) is 17.8 Å². The van der Waals surface area contributed by atoms with Crippen molar-refractivity contribution in [1.29, 1.82) is 0 Å². The number of aromatic amines is 2. The molecule has 3 fully saturated rings. The quantitative estimate of drug-likeness (QED) is 0.723. The lowest BCUT2D eigenvalue weighted by Crippen LogP contribution is -2.38. The zero-order chi connectivity index (χ0) is 17.4. The number of aryl methyl sites for hydroxylation is 1. The van der Waals surface area contributed by atoms with E-state index in [0.29, 0.717) is 56.8 Å². The van der Waals surface area contributed by atoms with Crippen LogP contribution in [0.1, 0.15) is 18.7 Å². The number of rotatable bonds is 4. The zero-order valence-electron chi connectivity index (χ0n) is 14.1. The number of carbonyl (C=O) groups excluding carboxylic acids is 2. The van der Waals surface area contributed by atoms with Gasteiger partial charge in [0.1, 0.15) is 5.82 Å². The fourth-order valence-corrected chi connectivity index (χ4v) is 4.17. The Bertz CT molecular complexity index is 693. The Morgan fingerprint density at radius 1 is 1.16 bits per heavy atom. The highest BCUT2D eigenvalue weighted by Gasteiger charge is 2.44.